The highest BCUT2D eigenvalue weighted by molar-refractivity contribution is 9.10. The number of hydrogen-bond donors (Lipinski definition) is 1. The molecule has 0 unspecified atom stereocenters. The Morgan fingerprint density at radius 2 is 2.00 bits per heavy atom. The van der Waals surface area contributed by atoms with Crippen LogP contribution < -0.4 is 10.1 Å². The van der Waals surface area contributed by atoms with Gasteiger partial charge in [0, 0.05) is 30.4 Å². The fraction of sp³-hybridized carbons (Fsp3) is 0.333. The summed E-state index contributed by atoms with van der Waals surface area (Å²) in [6.45, 7) is 3.70. The summed E-state index contributed by atoms with van der Waals surface area (Å²) in [7, 11) is 1.86. The molecule has 4 rings (SSSR count). The zero-order chi connectivity index (χ0) is 22.5. The van der Waals surface area contributed by atoms with E-state index in [4.69, 9.17) is 4.74 Å². The Bertz CT molecular complexity index is 1080. The number of carbonyl (C=O) groups is 1. The van der Waals surface area contributed by atoms with Crippen molar-refractivity contribution in [3.8, 4) is 17.0 Å². The number of hydrogen-bond acceptors (Lipinski definition) is 4. The zero-order valence-electron chi connectivity index (χ0n) is 18.0. The van der Waals surface area contributed by atoms with Crippen molar-refractivity contribution < 1.29 is 13.9 Å². The molecule has 6 nitrogen and oxygen atoms in total. The zero-order valence-corrected chi connectivity index (χ0v) is 19.6. The van der Waals surface area contributed by atoms with Gasteiger partial charge in [-0.1, -0.05) is 12.5 Å². The Kier molecular flexibility index (Phi) is 7.22. The van der Waals surface area contributed by atoms with E-state index in [9.17, 15) is 9.18 Å². The summed E-state index contributed by atoms with van der Waals surface area (Å²) in [6.07, 6.45) is 5.52. The number of rotatable bonds is 7. The van der Waals surface area contributed by atoms with Crippen LogP contribution in [0.4, 0.5) is 10.1 Å². The van der Waals surface area contributed by atoms with E-state index in [1.165, 1.54) is 37.5 Å². The Balaban J connectivity index is 1.55. The highest BCUT2D eigenvalue weighted by Gasteiger charge is 2.17. The third-order valence-corrected chi connectivity index (χ3v) is 6.17. The number of piperidine rings is 1. The quantitative estimate of drug-likeness (QED) is 0.489. The molecule has 1 fully saturated rings. The van der Waals surface area contributed by atoms with Gasteiger partial charge in [0.25, 0.3) is 5.91 Å². The van der Waals surface area contributed by atoms with Crippen LogP contribution in [0.15, 0.2) is 53.1 Å². The number of ether oxygens (including phenoxy) is 1. The van der Waals surface area contributed by atoms with Gasteiger partial charge >= 0.3 is 0 Å². The van der Waals surface area contributed by atoms with Crippen LogP contribution in [0.2, 0.25) is 0 Å². The fourth-order valence-corrected chi connectivity index (χ4v) is 4.49. The Hall–Kier alpha value is -2.71. The second-order valence-electron chi connectivity index (χ2n) is 7.89. The summed E-state index contributed by atoms with van der Waals surface area (Å²) in [5.41, 5.74) is 2.51. The topological polar surface area (TPSA) is 59.4 Å². The highest BCUT2D eigenvalue weighted by atomic mass is 79.9. The van der Waals surface area contributed by atoms with E-state index in [2.05, 4.69) is 31.2 Å². The highest BCUT2D eigenvalue weighted by Crippen LogP contribution is 2.36. The number of anilines is 1. The van der Waals surface area contributed by atoms with Crippen molar-refractivity contribution in [3.05, 3.63) is 64.5 Å². The molecular weight excluding hydrogens is 475 g/mol. The van der Waals surface area contributed by atoms with Crippen molar-refractivity contribution in [3.63, 3.8) is 0 Å². The van der Waals surface area contributed by atoms with Gasteiger partial charge < -0.3 is 10.1 Å². The van der Waals surface area contributed by atoms with Crippen molar-refractivity contribution in [2.24, 2.45) is 7.05 Å². The minimum Gasteiger partial charge on any atom is -0.492 e. The summed E-state index contributed by atoms with van der Waals surface area (Å²) in [6, 6.07) is 11.1. The molecule has 1 N–H and O–H groups in total. The second kappa shape index (κ2) is 10.3. The Morgan fingerprint density at radius 3 is 2.72 bits per heavy atom. The Labute approximate surface area is 195 Å². The number of likely N-dealkylation sites (tertiary alicyclic amines) is 1. The third kappa shape index (κ3) is 5.37. The molecule has 2 aromatic carbocycles. The number of amides is 1. The molecule has 0 aliphatic carbocycles. The average Bonchev–Trinajstić information content (AvgIpc) is 3.13. The molecule has 1 amide bonds. The van der Waals surface area contributed by atoms with Gasteiger partial charge in [0.1, 0.15) is 18.2 Å². The molecule has 0 radical (unpaired) electrons. The molecule has 0 spiro atoms. The monoisotopic (exact) mass is 500 g/mol. The van der Waals surface area contributed by atoms with Crippen molar-refractivity contribution >= 4 is 27.5 Å². The van der Waals surface area contributed by atoms with Crippen molar-refractivity contribution in [1.82, 2.24) is 14.7 Å². The van der Waals surface area contributed by atoms with Crippen LogP contribution in [-0.2, 0) is 7.05 Å². The maximum Gasteiger partial charge on any atom is 0.255 e. The van der Waals surface area contributed by atoms with Crippen LogP contribution in [-0.4, -0.2) is 46.8 Å². The number of nitrogens with zero attached hydrogens (tertiary/aromatic N) is 3. The smallest absolute Gasteiger partial charge is 0.255 e. The lowest BCUT2D eigenvalue weighted by molar-refractivity contribution is 0.102. The molecule has 2 heterocycles. The van der Waals surface area contributed by atoms with Crippen LogP contribution >= 0.6 is 15.9 Å². The van der Waals surface area contributed by atoms with Crippen molar-refractivity contribution in [2.75, 3.05) is 31.6 Å². The van der Waals surface area contributed by atoms with E-state index in [1.54, 1.807) is 23.0 Å². The third-order valence-electron chi connectivity index (χ3n) is 5.59. The molecule has 8 heteroatoms. The van der Waals surface area contributed by atoms with Crippen LogP contribution in [0.25, 0.3) is 11.3 Å². The van der Waals surface area contributed by atoms with E-state index in [1.807, 2.05) is 19.2 Å². The summed E-state index contributed by atoms with van der Waals surface area (Å²) in [4.78, 5) is 15.0. The summed E-state index contributed by atoms with van der Waals surface area (Å²) < 4.78 is 22.3. The van der Waals surface area contributed by atoms with Gasteiger partial charge in [0.05, 0.1) is 16.4 Å². The molecule has 168 valence electrons. The van der Waals surface area contributed by atoms with Gasteiger partial charge in [0.2, 0.25) is 0 Å². The first-order valence-electron chi connectivity index (χ1n) is 10.8. The predicted octanol–water partition coefficient (Wildman–Crippen LogP) is 5.11. The van der Waals surface area contributed by atoms with Crippen LogP contribution in [0.1, 0.15) is 29.6 Å². The molecule has 0 saturated carbocycles. The first-order valence-corrected chi connectivity index (χ1v) is 11.5. The molecule has 1 aliphatic heterocycles. The van der Waals surface area contributed by atoms with Crippen molar-refractivity contribution in [2.45, 2.75) is 19.3 Å². The normalized spacial score (nSPS) is 14.3. The number of nitrogens with one attached hydrogen (secondary N) is 1. The van der Waals surface area contributed by atoms with Gasteiger partial charge in [-0.15, -0.1) is 0 Å². The molecule has 32 heavy (non-hydrogen) atoms. The van der Waals surface area contributed by atoms with Gasteiger partial charge in [-0.05, 0) is 78.3 Å². The van der Waals surface area contributed by atoms with E-state index in [0.717, 1.165) is 41.1 Å². The van der Waals surface area contributed by atoms with E-state index < -0.39 is 5.82 Å². The molecule has 1 aliphatic rings. The lowest BCUT2D eigenvalue weighted by atomic mass is 10.1. The minimum atomic E-state index is -0.449. The maximum atomic E-state index is 13.5. The number of aromatic nitrogens is 2. The fourth-order valence-electron chi connectivity index (χ4n) is 3.93. The standard InChI is InChI=1S/C24H26BrFN4O2/c1-29-23(21(25)16-27-29)20-15-19(28-24(31)17-6-5-7-18(26)14-17)8-9-22(20)32-13-12-30-10-3-2-4-11-30/h5-9,14-16H,2-4,10-13H2,1H3,(H,28,31). The molecule has 0 bridgehead atoms. The first-order chi connectivity index (χ1) is 15.5. The molecular formula is C24H26BrFN4O2. The van der Waals surface area contributed by atoms with Gasteiger partial charge in [-0.2, -0.15) is 5.10 Å². The SMILES string of the molecule is Cn1ncc(Br)c1-c1cc(NC(=O)c2cccc(F)c2)ccc1OCCN1CCCCC1. The second-order valence-corrected chi connectivity index (χ2v) is 8.75. The van der Waals surface area contributed by atoms with Crippen molar-refractivity contribution in [1.29, 1.82) is 0 Å². The number of aryl methyl sites for hydroxylation is 1. The van der Waals surface area contributed by atoms with Crippen LogP contribution in [0, 0.1) is 5.82 Å². The van der Waals surface area contributed by atoms with Gasteiger partial charge in [-0.3, -0.25) is 14.4 Å². The van der Waals surface area contributed by atoms with Gasteiger partial charge in [0.15, 0.2) is 0 Å². The lowest BCUT2D eigenvalue weighted by Crippen LogP contribution is -2.33. The van der Waals surface area contributed by atoms with Crippen LogP contribution in [0.5, 0.6) is 5.75 Å². The number of carbonyl (C=O) groups excluding carboxylic acids is 1. The first kappa shape index (κ1) is 22.5. The summed E-state index contributed by atoms with van der Waals surface area (Å²) in [5.74, 6) is -0.108. The van der Waals surface area contributed by atoms with Crippen LogP contribution in [0.3, 0.4) is 0 Å². The van der Waals surface area contributed by atoms with E-state index >= 15 is 0 Å². The number of halogens is 2. The summed E-state index contributed by atoms with van der Waals surface area (Å²) >= 11 is 3.56. The van der Waals surface area contributed by atoms with E-state index in [0.29, 0.717) is 12.3 Å². The van der Waals surface area contributed by atoms with Gasteiger partial charge in [-0.25, -0.2) is 4.39 Å². The lowest BCUT2D eigenvalue weighted by Gasteiger charge is -2.26. The molecule has 3 aromatic rings. The minimum absolute atomic E-state index is 0.259. The van der Waals surface area contributed by atoms with E-state index in [-0.39, 0.29) is 11.5 Å². The largest absolute Gasteiger partial charge is 0.492 e. The predicted molar refractivity (Wildman–Crippen MR) is 126 cm³/mol. The average molecular weight is 501 g/mol. The summed E-state index contributed by atoms with van der Waals surface area (Å²) in [5, 5.41) is 7.16. The maximum absolute atomic E-state index is 13.5. The molecule has 0 atom stereocenters. The number of benzene rings is 2. The molecule has 1 saturated heterocycles. The molecule has 1 aromatic heterocycles. The Morgan fingerprint density at radius 1 is 1.19 bits per heavy atom.